The standard InChI is InChI=1S/C23H19F5/c1-2-15-3-5-16(6-4-15)17-7-9-18(10-8-17)19-13-21(24)20(22(25)14-19)11-12-23(26,27)28/h2,7-10,13-16H,1,3-6H2. The van der Waals surface area contributed by atoms with Gasteiger partial charge in [-0.2, -0.15) is 13.2 Å². The minimum atomic E-state index is -4.81. The predicted octanol–water partition coefficient (Wildman–Crippen LogP) is 7.01. The molecule has 2 aromatic rings. The van der Waals surface area contributed by atoms with Crippen molar-refractivity contribution in [3.8, 4) is 23.0 Å². The number of hydrogen-bond donors (Lipinski definition) is 0. The van der Waals surface area contributed by atoms with Crippen molar-refractivity contribution in [3.05, 3.63) is 71.8 Å². The summed E-state index contributed by atoms with van der Waals surface area (Å²) in [4.78, 5) is 0. The lowest BCUT2D eigenvalue weighted by Crippen LogP contribution is -2.11. The minimum Gasteiger partial charge on any atom is -0.205 e. The van der Waals surface area contributed by atoms with E-state index >= 15 is 0 Å². The second kappa shape index (κ2) is 8.18. The van der Waals surface area contributed by atoms with E-state index < -0.39 is 23.4 Å². The average molecular weight is 390 g/mol. The Morgan fingerprint density at radius 1 is 0.893 bits per heavy atom. The van der Waals surface area contributed by atoms with Gasteiger partial charge in [0.2, 0.25) is 0 Å². The molecule has 28 heavy (non-hydrogen) atoms. The Hall–Kier alpha value is -2.61. The normalized spacial score (nSPS) is 19.6. The fraction of sp³-hybridized carbons (Fsp3) is 0.304. The highest BCUT2D eigenvalue weighted by molar-refractivity contribution is 5.65. The molecule has 0 atom stereocenters. The molecular formula is C23H19F5. The van der Waals surface area contributed by atoms with Crippen molar-refractivity contribution in [2.75, 3.05) is 0 Å². The van der Waals surface area contributed by atoms with Crippen molar-refractivity contribution in [1.82, 2.24) is 0 Å². The van der Waals surface area contributed by atoms with E-state index in [4.69, 9.17) is 0 Å². The Kier molecular flexibility index (Phi) is 5.88. The van der Waals surface area contributed by atoms with Crippen LogP contribution in [0.15, 0.2) is 49.1 Å². The first-order chi connectivity index (χ1) is 13.3. The monoisotopic (exact) mass is 390 g/mol. The Balaban J connectivity index is 1.80. The van der Waals surface area contributed by atoms with Crippen LogP contribution in [-0.4, -0.2) is 6.18 Å². The number of benzene rings is 2. The lowest BCUT2D eigenvalue weighted by Gasteiger charge is -2.27. The number of allylic oxidation sites excluding steroid dienone is 1. The van der Waals surface area contributed by atoms with Crippen molar-refractivity contribution in [2.24, 2.45) is 5.92 Å². The molecule has 1 aliphatic rings. The van der Waals surface area contributed by atoms with Crippen LogP contribution in [0.5, 0.6) is 0 Å². The zero-order valence-corrected chi connectivity index (χ0v) is 15.1. The molecule has 3 rings (SSSR count). The van der Waals surface area contributed by atoms with Gasteiger partial charge in [0.25, 0.3) is 0 Å². The quantitative estimate of drug-likeness (QED) is 0.301. The van der Waals surface area contributed by atoms with Crippen LogP contribution < -0.4 is 0 Å². The summed E-state index contributed by atoms with van der Waals surface area (Å²) in [7, 11) is 0. The molecular weight excluding hydrogens is 371 g/mol. The van der Waals surface area contributed by atoms with Crippen molar-refractivity contribution in [2.45, 2.75) is 37.8 Å². The lowest BCUT2D eigenvalue weighted by atomic mass is 9.78. The average Bonchev–Trinajstić information content (AvgIpc) is 2.66. The van der Waals surface area contributed by atoms with Crippen LogP contribution >= 0.6 is 0 Å². The smallest absolute Gasteiger partial charge is 0.205 e. The molecule has 146 valence electrons. The van der Waals surface area contributed by atoms with Crippen molar-refractivity contribution >= 4 is 0 Å². The van der Waals surface area contributed by atoms with Crippen LogP contribution in [0.3, 0.4) is 0 Å². The Morgan fingerprint density at radius 3 is 1.96 bits per heavy atom. The van der Waals surface area contributed by atoms with Gasteiger partial charge in [0.1, 0.15) is 11.6 Å². The molecule has 0 saturated heterocycles. The molecule has 0 unspecified atom stereocenters. The molecule has 1 fully saturated rings. The molecule has 0 aromatic heterocycles. The molecule has 0 heterocycles. The minimum absolute atomic E-state index is 0.259. The summed E-state index contributed by atoms with van der Waals surface area (Å²) in [6.07, 6.45) is 1.56. The molecule has 2 aromatic carbocycles. The van der Waals surface area contributed by atoms with Gasteiger partial charge in [0, 0.05) is 5.92 Å². The summed E-state index contributed by atoms with van der Waals surface area (Å²) in [6, 6.07) is 9.47. The summed E-state index contributed by atoms with van der Waals surface area (Å²) in [5.41, 5.74) is 1.16. The third-order valence-corrected chi connectivity index (χ3v) is 5.19. The molecule has 0 radical (unpaired) electrons. The van der Waals surface area contributed by atoms with E-state index in [0.717, 1.165) is 43.7 Å². The summed E-state index contributed by atoms with van der Waals surface area (Å²) >= 11 is 0. The van der Waals surface area contributed by atoms with Crippen molar-refractivity contribution < 1.29 is 22.0 Å². The van der Waals surface area contributed by atoms with Crippen LogP contribution in [-0.2, 0) is 0 Å². The van der Waals surface area contributed by atoms with Crippen LogP contribution in [0.1, 0.15) is 42.7 Å². The van der Waals surface area contributed by atoms with Gasteiger partial charge in [-0.15, -0.1) is 6.58 Å². The third kappa shape index (κ3) is 4.81. The maximum Gasteiger partial charge on any atom is 0.458 e. The SMILES string of the molecule is C=CC1CCC(c2ccc(-c3cc(F)c(C#CC(F)(F)F)c(F)c3)cc2)CC1. The van der Waals surface area contributed by atoms with Crippen LogP contribution in [0.4, 0.5) is 22.0 Å². The maximum atomic E-state index is 14.1. The highest BCUT2D eigenvalue weighted by Gasteiger charge is 2.24. The Bertz CT molecular complexity index is 882. The first-order valence-corrected chi connectivity index (χ1v) is 9.08. The highest BCUT2D eigenvalue weighted by atomic mass is 19.4. The van der Waals surface area contributed by atoms with Crippen molar-refractivity contribution in [1.29, 1.82) is 0 Å². The summed E-state index contributed by atoms with van der Waals surface area (Å²) in [5.74, 6) is 1.22. The number of rotatable bonds is 3. The number of alkyl halides is 3. The zero-order chi connectivity index (χ0) is 20.3. The largest absolute Gasteiger partial charge is 0.458 e. The van der Waals surface area contributed by atoms with Crippen LogP contribution in [0.2, 0.25) is 0 Å². The summed E-state index contributed by atoms with van der Waals surface area (Å²) in [6.45, 7) is 3.85. The van der Waals surface area contributed by atoms with E-state index in [1.54, 1.807) is 12.1 Å². The van der Waals surface area contributed by atoms with E-state index in [1.165, 1.54) is 11.5 Å². The Morgan fingerprint density at radius 2 is 1.46 bits per heavy atom. The van der Waals surface area contributed by atoms with Gasteiger partial charge in [-0.1, -0.05) is 36.3 Å². The molecule has 0 bridgehead atoms. The number of halogens is 5. The Labute approximate surface area is 161 Å². The van der Waals surface area contributed by atoms with Gasteiger partial charge in [0.05, 0.1) is 5.56 Å². The van der Waals surface area contributed by atoms with Gasteiger partial charge in [-0.3, -0.25) is 0 Å². The second-order valence-corrected chi connectivity index (χ2v) is 7.03. The van der Waals surface area contributed by atoms with E-state index in [2.05, 4.69) is 6.58 Å². The molecule has 1 aliphatic carbocycles. The molecule has 1 saturated carbocycles. The highest BCUT2D eigenvalue weighted by Crippen LogP contribution is 2.37. The first-order valence-electron chi connectivity index (χ1n) is 9.08. The van der Waals surface area contributed by atoms with Gasteiger partial charge >= 0.3 is 6.18 Å². The van der Waals surface area contributed by atoms with E-state index in [9.17, 15) is 22.0 Å². The lowest BCUT2D eigenvalue weighted by molar-refractivity contribution is -0.0696. The topological polar surface area (TPSA) is 0 Å². The van der Waals surface area contributed by atoms with Gasteiger partial charge < -0.3 is 0 Å². The number of hydrogen-bond acceptors (Lipinski definition) is 0. The third-order valence-electron chi connectivity index (χ3n) is 5.19. The zero-order valence-electron chi connectivity index (χ0n) is 15.1. The summed E-state index contributed by atoms with van der Waals surface area (Å²) in [5, 5.41) is 0. The van der Waals surface area contributed by atoms with E-state index in [1.807, 2.05) is 18.2 Å². The molecule has 0 amide bonds. The second-order valence-electron chi connectivity index (χ2n) is 7.03. The predicted molar refractivity (Wildman–Crippen MR) is 99.6 cm³/mol. The van der Waals surface area contributed by atoms with Gasteiger partial charge in [-0.25, -0.2) is 8.78 Å². The fourth-order valence-electron chi connectivity index (χ4n) is 3.63. The molecule has 0 spiro atoms. The van der Waals surface area contributed by atoms with Gasteiger partial charge in [0.15, 0.2) is 0 Å². The molecule has 0 nitrogen and oxygen atoms in total. The fourth-order valence-corrected chi connectivity index (χ4v) is 3.63. The van der Waals surface area contributed by atoms with Crippen molar-refractivity contribution in [3.63, 3.8) is 0 Å². The van der Waals surface area contributed by atoms with E-state index in [-0.39, 0.29) is 5.56 Å². The van der Waals surface area contributed by atoms with Crippen LogP contribution in [0.25, 0.3) is 11.1 Å². The summed E-state index contributed by atoms with van der Waals surface area (Å²) < 4.78 is 64.7. The molecule has 0 aliphatic heterocycles. The van der Waals surface area contributed by atoms with E-state index in [0.29, 0.717) is 17.4 Å². The first kappa shape index (κ1) is 20.1. The molecule has 0 N–H and O–H groups in total. The van der Waals surface area contributed by atoms with Crippen LogP contribution in [0, 0.1) is 29.4 Å². The molecule has 5 heteroatoms. The maximum absolute atomic E-state index is 14.1. The van der Waals surface area contributed by atoms with Gasteiger partial charge in [-0.05, 0) is 66.3 Å².